The Morgan fingerprint density at radius 2 is 0.977 bits per heavy atom. The van der Waals surface area contributed by atoms with Gasteiger partial charge < -0.3 is 9.80 Å². The van der Waals surface area contributed by atoms with E-state index in [0.717, 1.165) is 0 Å². The minimum Gasteiger partial charge on any atom is -0.311 e. The van der Waals surface area contributed by atoms with E-state index in [4.69, 9.17) is 0 Å². The highest BCUT2D eigenvalue weighted by Gasteiger charge is 2.44. The molecule has 3 heteroatoms. The van der Waals surface area contributed by atoms with Crippen molar-refractivity contribution in [1.29, 1.82) is 0 Å². The predicted octanol–water partition coefficient (Wildman–Crippen LogP) is 8.67. The first-order chi connectivity index (χ1) is 21.0. The summed E-state index contributed by atoms with van der Waals surface area (Å²) in [7, 11) is 0. The van der Waals surface area contributed by atoms with Gasteiger partial charge in [0, 0.05) is 34.1 Å². The van der Waals surface area contributed by atoms with Gasteiger partial charge in [0.15, 0.2) is 0 Å². The summed E-state index contributed by atoms with van der Waals surface area (Å²) in [4.78, 5) is 5.01. The molecular weight excluding hydrogens is 519 g/mol. The minimum absolute atomic E-state index is 0.128. The number of fused-ring (bicyclic) bond motifs is 4. The van der Waals surface area contributed by atoms with Crippen molar-refractivity contribution in [3.8, 4) is 11.1 Å². The van der Waals surface area contributed by atoms with Crippen LogP contribution in [0.2, 0.25) is 0 Å². The van der Waals surface area contributed by atoms with E-state index in [0.29, 0.717) is 0 Å². The molecule has 6 aromatic rings. The topological polar surface area (TPSA) is 6.48 Å². The van der Waals surface area contributed by atoms with Gasteiger partial charge in [-0.3, -0.25) is 0 Å². The van der Waals surface area contributed by atoms with Crippen LogP contribution in [-0.4, -0.2) is 6.71 Å². The highest BCUT2D eigenvalue weighted by Crippen LogP contribution is 2.46. The lowest BCUT2D eigenvalue weighted by molar-refractivity contribution is 1.23. The first-order valence-electron chi connectivity index (χ1n) is 15.1. The molecule has 0 bridgehead atoms. The normalized spacial score (nSPS) is 13.0. The molecule has 0 unspecified atom stereocenters. The number of rotatable bonds is 3. The van der Waals surface area contributed by atoms with Crippen molar-refractivity contribution in [1.82, 2.24) is 0 Å². The number of para-hydroxylation sites is 2. The third-order valence-corrected chi connectivity index (χ3v) is 9.02. The molecule has 0 radical (unpaired) electrons. The second-order valence-corrected chi connectivity index (χ2v) is 12.2. The van der Waals surface area contributed by atoms with E-state index in [9.17, 15) is 0 Å². The fourth-order valence-corrected chi connectivity index (χ4v) is 7.47. The lowest BCUT2D eigenvalue weighted by Crippen LogP contribution is -2.62. The van der Waals surface area contributed by atoms with E-state index in [1.807, 2.05) is 0 Å². The molecule has 0 spiro atoms. The highest BCUT2D eigenvalue weighted by atomic mass is 15.2. The molecule has 206 valence electrons. The molecule has 6 aromatic carbocycles. The van der Waals surface area contributed by atoms with Crippen molar-refractivity contribution in [3.05, 3.63) is 150 Å². The quantitative estimate of drug-likeness (QED) is 0.202. The van der Waals surface area contributed by atoms with Crippen molar-refractivity contribution < 1.29 is 0 Å². The average Bonchev–Trinajstić information content (AvgIpc) is 3.01. The van der Waals surface area contributed by atoms with Crippen LogP contribution in [0.4, 0.5) is 34.1 Å². The van der Waals surface area contributed by atoms with E-state index in [1.54, 1.807) is 0 Å². The molecule has 0 atom stereocenters. The second kappa shape index (κ2) is 9.78. The monoisotopic (exact) mass is 552 g/mol. The van der Waals surface area contributed by atoms with E-state index in [-0.39, 0.29) is 6.71 Å². The van der Waals surface area contributed by atoms with E-state index < -0.39 is 0 Å². The molecule has 0 N–H and O–H groups in total. The Morgan fingerprint density at radius 1 is 0.419 bits per heavy atom. The molecule has 0 fully saturated rings. The first kappa shape index (κ1) is 25.7. The maximum Gasteiger partial charge on any atom is 0.252 e. The Morgan fingerprint density at radius 3 is 1.67 bits per heavy atom. The molecular formula is C40H33BN2. The van der Waals surface area contributed by atoms with Crippen LogP contribution in [0.3, 0.4) is 0 Å². The number of hydrogen-bond donors (Lipinski definition) is 0. The minimum atomic E-state index is 0.128. The Kier molecular flexibility index (Phi) is 5.84. The van der Waals surface area contributed by atoms with Gasteiger partial charge in [-0.2, -0.15) is 0 Å². The molecule has 0 aliphatic carbocycles. The van der Waals surface area contributed by atoms with Crippen LogP contribution in [0.1, 0.15) is 22.3 Å². The van der Waals surface area contributed by atoms with E-state index >= 15 is 0 Å². The summed E-state index contributed by atoms with van der Waals surface area (Å²) in [6.45, 7) is 9.05. The molecule has 8 rings (SSSR count). The van der Waals surface area contributed by atoms with Gasteiger partial charge in [0.1, 0.15) is 0 Å². The van der Waals surface area contributed by atoms with Gasteiger partial charge in [0.2, 0.25) is 0 Å². The molecule has 0 saturated heterocycles. The molecule has 2 heterocycles. The zero-order valence-corrected chi connectivity index (χ0v) is 25.1. The number of nitrogens with zero attached hydrogens (tertiary/aromatic N) is 2. The summed E-state index contributed by atoms with van der Waals surface area (Å²) >= 11 is 0. The van der Waals surface area contributed by atoms with Crippen LogP contribution >= 0.6 is 0 Å². The van der Waals surface area contributed by atoms with Crippen LogP contribution in [-0.2, 0) is 0 Å². The smallest absolute Gasteiger partial charge is 0.252 e. The van der Waals surface area contributed by atoms with Crippen LogP contribution < -0.4 is 26.2 Å². The number of hydrogen-bond acceptors (Lipinski definition) is 2. The summed E-state index contributed by atoms with van der Waals surface area (Å²) in [5, 5.41) is 0. The van der Waals surface area contributed by atoms with Crippen LogP contribution in [0.25, 0.3) is 11.1 Å². The van der Waals surface area contributed by atoms with Crippen molar-refractivity contribution in [3.63, 3.8) is 0 Å². The van der Waals surface area contributed by atoms with Crippen LogP contribution in [0.5, 0.6) is 0 Å². The zero-order chi connectivity index (χ0) is 29.2. The molecule has 43 heavy (non-hydrogen) atoms. The maximum absolute atomic E-state index is 2.54. The molecule has 2 aliphatic heterocycles. The lowest BCUT2D eigenvalue weighted by Gasteiger charge is -2.45. The van der Waals surface area contributed by atoms with Gasteiger partial charge in [-0.25, -0.2) is 0 Å². The number of aryl methyl sites for hydroxylation is 4. The predicted molar refractivity (Wildman–Crippen MR) is 185 cm³/mol. The highest BCUT2D eigenvalue weighted by molar-refractivity contribution is 7.00. The van der Waals surface area contributed by atoms with E-state index in [2.05, 4.69) is 165 Å². The number of anilines is 6. The second-order valence-electron chi connectivity index (χ2n) is 12.2. The van der Waals surface area contributed by atoms with Gasteiger partial charge in [-0.15, -0.1) is 0 Å². The van der Waals surface area contributed by atoms with Gasteiger partial charge in [0.05, 0.1) is 0 Å². The summed E-state index contributed by atoms with van der Waals surface area (Å²) < 4.78 is 0. The van der Waals surface area contributed by atoms with Crippen molar-refractivity contribution in [2.75, 3.05) is 9.80 Å². The molecule has 0 amide bonds. The summed E-state index contributed by atoms with van der Waals surface area (Å²) in [5.74, 6) is 0. The standard InChI is InChI=1S/C40H33BN2/c1-26-19-27(2)22-33(21-26)43-36-23-28(3)20-29(4)39(36)41-34-17-11-12-18-35(34)42(32-15-9-6-10-16-32)37-24-31(25-38(43)40(37)41)30-13-7-5-8-14-30/h5-25H,1-4H3. The number of benzene rings is 6. The van der Waals surface area contributed by atoms with Crippen LogP contribution in [0.15, 0.2) is 127 Å². The summed E-state index contributed by atoms with van der Waals surface area (Å²) in [6.07, 6.45) is 0. The Labute approximate surface area is 255 Å². The average molecular weight is 553 g/mol. The molecule has 0 aromatic heterocycles. The fraction of sp³-hybridized carbons (Fsp3) is 0.100. The fourth-order valence-electron chi connectivity index (χ4n) is 7.47. The molecule has 2 aliphatic rings. The van der Waals surface area contributed by atoms with Gasteiger partial charge in [-0.05, 0) is 120 Å². The first-order valence-corrected chi connectivity index (χ1v) is 15.1. The Bertz CT molecular complexity index is 2010. The van der Waals surface area contributed by atoms with Gasteiger partial charge in [0.25, 0.3) is 6.71 Å². The van der Waals surface area contributed by atoms with Gasteiger partial charge >= 0.3 is 0 Å². The maximum atomic E-state index is 2.54. The largest absolute Gasteiger partial charge is 0.311 e. The van der Waals surface area contributed by atoms with Crippen LogP contribution in [0, 0.1) is 27.7 Å². The Hall–Kier alpha value is -5.02. The van der Waals surface area contributed by atoms with E-state index in [1.165, 1.54) is 83.9 Å². The van der Waals surface area contributed by atoms with Crippen molar-refractivity contribution in [2.24, 2.45) is 0 Å². The molecule has 0 saturated carbocycles. The molecule has 2 nitrogen and oxygen atoms in total. The Balaban J connectivity index is 1.54. The lowest BCUT2D eigenvalue weighted by atomic mass is 9.32. The summed E-state index contributed by atoms with van der Waals surface area (Å²) in [5.41, 5.74) is 19.1. The van der Waals surface area contributed by atoms with Gasteiger partial charge in [-0.1, -0.05) is 84.4 Å². The third-order valence-electron chi connectivity index (χ3n) is 9.02. The van der Waals surface area contributed by atoms with Crippen molar-refractivity contribution in [2.45, 2.75) is 27.7 Å². The summed E-state index contributed by atoms with van der Waals surface area (Å²) in [6, 6.07) is 47.2. The SMILES string of the molecule is Cc1cc(C)cc(N2c3cc(C)cc(C)c3B3c4ccccc4N(c4ccccc4)c4cc(-c5ccccc5)cc2c43)c1. The zero-order valence-electron chi connectivity index (χ0n) is 25.1. The third kappa shape index (κ3) is 4.03. The van der Waals surface area contributed by atoms with Crippen molar-refractivity contribution >= 4 is 57.2 Å².